The molecule has 1 unspecified atom stereocenters. The molecule has 0 saturated heterocycles. The molecule has 0 radical (unpaired) electrons. The molecule has 1 aliphatic rings. The molecule has 1 saturated carbocycles. The highest BCUT2D eigenvalue weighted by molar-refractivity contribution is 5.20. The van der Waals surface area contributed by atoms with Crippen LogP contribution in [0.5, 0.6) is 5.75 Å². The van der Waals surface area contributed by atoms with Crippen molar-refractivity contribution in [2.45, 2.75) is 31.4 Å². The second-order valence-corrected chi connectivity index (χ2v) is 4.31. The summed E-state index contributed by atoms with van der Waals surface area (Å²) in [5, 5.41) is 13.0. The first-order valence-electron chi connectivity index (χ1n) is 5.94. The van der Waals surface area contributed by atoms with Crippen LogP contribution < -0.4 is 10.1 Å². The number of rotatable bonds is 6. The molecule has 1 fully saturated rings. The molecule has 1 aromatic carbocycles. The summed E-state index contributed by atoms with van der Waals surface area (Å²) in [6.07, 6.45) is 3.37. The molecule has 88 valence electrons. The van der Waals surface area contributed by atoms with Crippen LogP contribution in [0.4, 0.5) is 0 Å². The Morgan fingerprint density at radius 3 is 2.69 bits per heavy atom. The third-order valence-electron chi connectivity index (χ3n) is 2.93. The second kappa shape index (κ2) is 5.87. The van der Waals surface area contributed by atoms with Gasteiger partial charge in [-0.1, -0.05) is 24.6 Å². The molecule has 1 aromatic rings. The highest BCUT2D eigenvalue weighted by Crippen LogP contribution is 2.17. The van der Waals surface area contributed by atoms with E-state index in [9.17, 15) is 5.11 Å². The van der Waals surface area contributed by atoms with Gasteiger partial charge < -0.3 is 15.2 Å². The summed E-state index contributed by atoms with van der Waals surface area (Å²) in [5.74, 6) is 0.810. The average molecular weight is 221 g/mol. The first kappa shape index (κ1) is 11.4. The summed E-state index contributed by atoms with van der Waals surface area (Å²) in [4.78, 5) is 0. The molecule has 2 N–H and O–H groups in total. The Kier molecular flexibility index (Phi) is 4.19. The van der Waals surface area contributed by atoms with Crippen molar-refractivity contribution in [1.29, 1.82) is 0 Å². The number of benzene rings is 1. The van der Waals surface area contributed by atoms with E-state index in [0.717, 1.165) is 5.75 Å². The summed E-state index contributed by atoms with van der Waals surface area (Å²) >= 11 is 0. The van der Waals surface area contributed by atoms with Crippen LogP contribution in [0.15, 0.2) is 30.3 Å². The Morgan fingerprint density at radius 2 is 2.06 bits per heavy atom. The molecule has 0 amide bonds. The van der Waals surface area contributed by atoms with Crippen LogP contribution in [0.1, 0.15) is 19.3 Å². The van der Waals surface area contributed by atoms with Gasteiger partial charge in [-0.25, -0.2) is 0 Å². The van der Waals surface area contributed by atoms with E-state index >= 15 is 0 Å². The van der Waals surface area contributed by atoms with E-state index in [0.29, 0.717) is 19.2 Å². The second-order valence-electron chi connectivity index (χ2n) is 4.31. The standard InChI is InChI=1S/C13H19NO2/c15-12(9-14-11-5-4-6-11)10-16-13-7-2-1-3-8-13/h1-3,7-8,11-12,14-15H,4-6,9-10H2. The van der Waals surface area contributed by atoms with Gasteiger partial charge in [-0.2, -0.15) is 0 Å². The predicted octanol–water partition coefficient (Wildman–Crippen LogP) is 1.57. The Bertz CT molecular complexity index is 298. The maximum Gasteiger partial charge on any atom is 0.119 e. The van der Waals surface area contributed by atoms with Gasteiger partial charge in [-0.15, -0.1) is 0 Å². The first-order chi connectivity index (χ1) is 7.84. The maximum absolute atomic E-state index is 9.69. The molecule has 3 nitrogen and oxygen atoms in total. The summed E-state index contributed by atoms with van der Waals surface area (Å²) in [5.41, 5.74) is 0. The highest BCUT2D eigenvalue weighted by Gasteiger charge is 2.17. The topological polar surface area (TPSA) is 41.5 Å². The van der Waals surface area contributed by atoms with Gasteiger partial charge in [0, 0.05) is 12.6 Å². The third-order valence-corrected chi connectivity index (χ3v) is 2.93. The zero-order chi connectivity index (χ0) is 11.2. The molecule has 0 aliphatic heterocycles. The van der Waals surface area contributed by atoms with E-state index in [1.165, 1.54) is 19.3 Å². The largest absolute Gasteiger partial charge is 0.491 e. The van der Waals surface area contributed by atoms with Crippen LogP contribution in [0.2, 0.25) is 0 Å². The van der Waals surface area contributed by atoms with Gasteiger partial charge in [-0.3, -0.25) is 0 Å². The zero-order valence-corrected chi connectivity index (χ0v) is 9.43. The minimum absolute atomic E-state index is 0.351. The fraction of sp³-hybridized carbons (Fsp3) is 0.538. The third kappa shape index (κ3) is 3.51. The molecule has 1 atom stereocenters. The van der Waals surface area contributed by atoms with Crippen molar-refractivity contribution in [3.63, 3.8) is 0 Å². The Labute approximate surface area is 96.4 Å². The minimum atomic E-state index is -0.430. The van der Waals surface area contributed by atoms with Gasteiger partial charge in [0.15, 0.2) is 0 Å². The van der Waals surface area contributed by atoms with Crippen molar-refractivity contribution in [2.75, 3.05) is 13.2 Å². The van der Waals surface area contributed by atoms with E-state index < -0.39 is 6.10 Å². The lowest BCUT2D eigenvalue weighted by atomic mass is 9.93. The molecular formula is C13H19NO2. The number of nitrogens with one attached hydrogen (secondary N) is 1. The lowest BCUT2D eigenvalue weighted by molar-refractivity contribution is 0.0997. The maximum atomic E-state index is 9.69. The van der Waals surface area contributed by atoms with Gasteiger partial charge in [0.25, 0.3) is 0 Å². The molecule has 16 heavy (non-hydrogen) atoms. The van der Waals surface area contributed by atoms with E-state index in [2.05, 4.69) is 5.32 Å². The van der Waals surface area contributed by atoms with Crippen molar-refractivity contribution in [2.24, 2.45) is 0 Å². The summed E-state index contributed by atoms with van der Waals surface area (Å²) in [6, 6.07) is 10.2. The average Bonchev–Trinajstić information content (AvgIpc) is 2.26. The van der Waals surface area contributed by atoms with Crippen LogP contribution in [-0.4, -0.2) is 30.4 Å². The van der Waals surface area contributed by atoms with Gasteiger partial charge in [-0.05, 0) is 25.0 Å². The van der Waals surface area contributed by atoms with E-state index in [1.54, 1.807) is 0 Å². The molecule has 2 rings (SSSR count). The number of aliphatic hydroxyl groups is 1. The summed E-state index contributed by atoms with van der Waals surface area (Å²) < 4.78 is 5.46. The Morgan fingerprint density at radius 1 is 1.31 bits per heavy atom. The van der Waals surface area contributed by atoms with Crippen molar-refractivity contribution in [3.8, 4) is 5.75 Å². The molecule has 3 heteroatoms. The molecule has 1 aliphatic carbocycles. The van der Waals surface area contributed by atoms with Crippen molar-refractivity contribution >= 4 is 0 Å². The fourth-order valence-corrected chi connectivity index (χ4v) is 1.68. The smallest absolute Gasteiger partial charge is 0.119 e. The zero-order valence-electron chi connectivity index (χ0n) is 9.43. The normalized spacial score (nSPS) is 17.8. The van der Waals surface area contributed by atoms with Crippen molar-refractivity contribution in [1.82, 2.24) is 5.32 Å². The fourth-order valence-electron chi connectivity index (χ4n) is 1.68. The summed E-state index contributed by atoms with van der Waals surface area (Å²) in [6.45, 7) is 0.973. The van der Waals surface area contributed by atoms with Crippen LogP contribution in [-0.2, 0) is 0 Å². The minimum Gasteiger partial charge on any atom is -0.491 e. The van der Waals surface area contributed by atoms with Gasteiger partial charge >= 0.3 is 0 Å². The molecular weight excluding hydrogens is 202 g/mol. The molecule has 0 spiro atoms. The monoisotopic (exact) mass is 221 g/mol. The van der Waals surface area contributed by atoms with Gasteiger partial charge in [0.1, 0.15) is 18.5 Å². The number of hydrogen-bond acceptors (Lipinski definition) is 3. The highest BCUT2D eigenvalue weighted by atomic mass is 16.5. The van der Waals surface area contributed by atoms with Crippen molar-refractivity contribution in [3.05, 3.63) is 30.3 Å². The van der Waals surface area contributed by atoms with Crippen LogP contribution in [0, 0.1) is 0 Å². The van der Waals surface area contributed by atoms with E-state index in [1.807, 2.05) is 30.3 Å². The molecule has 0 aromatic heterocycles. The van der Waals surface area contributed by atoms with Crippen molar-refractivity contribution < 1.29 is 9.84 Å². The van der Waals surface area contributed by atoms with E-state index in [-0.39, 0.29) is 0 Å². The first-order valence-corrected chi connectivity index (χ1v) is 5.94. The Balaban J connectivity index is 1.61. The molecule has 0 bridgehead atoms. The van der Waals surface area contributed by atoms with Crippen LogP contribution >= 0.6 is 0 Å². The Hall–Kier alpha value is -1.06. The number of hydrogen-bond donors (Lipinski definition) is 2. The predicted molar refractivity (Wildman–Crippen MR) is 63.6 cm³/mol. The van der Waals surface area contributed by atoms with E-state index in [4.69, 9.17) is 4.74 Å². The lowest BCUT2D eigenvalue weighted by Gasteiger charge is -2.27. The van der Waals surface area contributed by atoms with Crippen LogP contribution in [0.3, 0.4) is 0 Å². The number of aliphatic hydroxyl groups excluding tert-OH is 1. The number of ether oxygens (including phenoxy) is 1. The van der Waals surface area contributed by atoms with Gasteiger partial charge in [0.2, 0.25) is 0 Å². The van der Waals surface area contributed by atoms with Gasteiger partial charge in [0.05, 0.1) is 0 Å². The lowest BCUT2D eigenvalue weighted by Crippen LogP contribution is -2.41. The molecule has 0 heterocycles. The van der Waals surface area contributed by atoms with Crippen LogP contribution in [0.25, 0.3) is 0 Å². The summed E-state index contributed by atoms with van der Waals surface area (Å²) in [7, 11) is 0. The number of para-hydroxylation sites is 1. The SMILES string of the molecule is OC(CNC1CCC1)COc1ccccc1. The quantitative estimate of drug-likeness (QED) is 0.766.